The number of aromatic nitrogens is 2. The van der Waals surface area contributed by atoms with Gasteiger partial charge in [-0.05, 0) is 44.1 Å². The van der Waals surface area contributed by atoms with Crippen LogP contribution in [0, 0.1) is 5.92 Å². The van der Waals surface area contributed by atoms with Gasteiger partial charge in [0.25, 0.3) is 0 Å². The van der Waals surface area contributed by atoms with Gasteiger partial charge in [-0.25, -0.2) is 0 Å². The number of ether oxygens (including phenoxy) is 1. The number of likely N-dealkylation sites (tertiary alicyclic amines) is 1. The van der Waals surface area contributed by atoms with Gasteiger partial charge < -0.3 is 15.0 Å². The molecule has 1 aromatic rings. The molecule has 1 aromatic heterocycles. The van der Waals surface area contributed by atoms with Gasteiger partial charge in [-0.1, -0.05) is 11.6 Å². The van der Waals surface area contributed by atoms with Gasteiger partial charge >= 0.3 is 0 Å². The van der Waals surface area contributed by atoms with Gasteiger partial charge in [0.1, 0.15) is 0 Å². The minimum absolute atomic E-state index is 0.686. The topological polar surface area (TPSA) is 54.7 Å². The van der Waals surface area contributed by atoms with Crippen LogP contribution in [0.15, 0.2) is 29.0 Å². The standard InChI is InChI=1S/C19H31N5O/c1-3-20-19(21-8-4-16-6-10-25-11-7-16)24-9-5-17(15-24)12-18-13-22-23(2)14-18/h6,13-14,17H,3-5,7-12,15H2,1-2H3,(H,20,21). The van der Waals surface area contributed by atoms with Gasteiger partial charge in [0.05, 0.1) is 19.4 Å². The van der Waals surface area contributed by atoms with E-state index in [0.29, 0.717) is 5.92 Å². The van der Waals surface area contributed by atoms with Crippen molar-refractivity contribution in [2.24, 2.45) is 18.0 Å². The van der Waals surface area contributed by atoms with E-state index in [1.807, 2.05) is 17.9 Å². The number of aliphatic imine (C=N–C) groups is 1. The largest absolute Gasteiger partial charge is 0.377 e. The lowest BCUT2D eigenvalue weighted by molar-refractivity contribution is 0.153. The van der Waals surface area contributed by atoms with Crippen LogP contribution in [-0.2, 0) is 18.2 Å². The second-order valence-electron chi connectivity index (χ2n) is 7.00. The molecule has 25 heavy (non-hydrogen) atoms. The molecule has 0 bridgehead atoms. The van der Waals surface area contributed by atoms with Crippen LogP contribution in [0.4, 0.5) is 0 Å². The molecule has 0 spiro atoms. The van der Waals surface area contributed by atoms with Crippen molar-refractivity contribution in [2.75, 3.05) is 39.4 Å². The van der Waals surface area contributed by atoms with E-state index in [1.54, 1.807) is 0 Å². The lowest BCUT2D eigenvalue weighted by atomic mass is 10.0. The number of nitrogens with zero attached hydrogens (tertiary/aromatic N) is 4. The molecule has 6 nitrogen and oxygen atoms in total. The fourth-order valence-electron chi connectivity index (χ4n) is 3.63. The third kappa shape index (κ3) is 5.33. The predicted octanol–water partition coefficient (Wildman–Crippen LogP) is 1.99. The summed E-state index contributed by atoms with van der Waals surface area (Å²) in [7, 11) is 1.98. The number of guanidine groups is 1. The fourth-order valence-corrected chi connectivity index (χ4v) is 3.63. The highest BCUT2D eigenvalue weighted by atomic mass is 16.5. The highest BCUT2D eigenvalue weighted by Gasteiger charge is 2.25. The maximum Gasteiger partial charge on any atom is 0.193 e. The SMILES string of the molecule is CCNC(=NCCC1=CCOCC1)N1CCC(Cc2cnn(C)c2)C1. The molecule has 0 amide bonds. The Morgan fingerprint density at radius 3 is 3.12 bits per heavy atom. The molecule has 1 fully saturated rings. The van der Waals surface area contributed by atoms with E-state index in [4.69, 9.17) is 9.73 Å². The molecule has 0 aliphatic carbocycles. The van der Waals surface area contributed by atoms with Crippen molar-refractivity contribution in [3.8, 4) is 0 Å². The Hall–Kier alpha value is -1.82. The molecule has 138 valence electrons. The Kier molecular flexibility index (Phi) is 6.50. The molecule has 2 aliphatic rings. The average molecular weight is 345 g/mol. The number of hydrogen-bond acceptors (Lipinski definition) is 3. The quantitative estimate of drug-likeness (QED) is 0.487. The zero-order chi connectivity index (χ0) is 17.5. The monoisotopic (exact) mass is 345 g/mol. The first-order valence-electron chi connectivity index (χ1n) is 9.51. The highest BCUT2D eigenvalue weighted by molar-refractivity contribution is 5.80. The summed E-state index contributed by atoms with van der Waals surface area (Å²) in [6.07, 6.45) is 10.8. The van der Waals surface area contributed by atoms with E-state index >= 15 is 0 Å². The van der Waals surface area contributed by atoms with E-state index in [1.165, 1.54) is 17.6 Å². The summed E-state index contributed by atoms with van der Waals surface area (Å²) in [5.74, 6) is 1.76. The van der Waals surface area contributed by atoms with Crippen molar-refractivity contribution in [1.29, 1.82) is 0 Å². The van der Waals surface area contributed by atoms with Crippen molar-refractivity contribution in [1.82, 2.24) is 20.0 Å². The zero-order valence-electron chi connectivity index (χ0n) is 15.6. The normalized spacial score (nSPS) is 21.5. The van der Waals surface area contributed by atoms with Crippen LogP contribution in [0.25, 0.3) is 0 Å². The van der Waals surface area contributed by atoms with Crippen LogP contribution in [-0.4, -0.2) is 60.0 Å². The third-order valence-corrected chi connectivity index (χ3v) is 4.95. The lowest BCUT2D eigenvalue weighted by Gasteiger charge is -2.22. The van der Waals surface area contributed by atoms with Crippen molar-refractivity contribution >= 4 is 5.96 Å². The first-order valence-corrected chi connectivity index (χ1v) is 9.51. The highest BCUT2D eigenvalue weighted by Crippen LogP contribution is 2.21. The van der Waals surface area contributed by atoms with Gasteiger partial charge in [0, 0.05) is 39.4 Å². The molecule has 1 unspecified atom stereocenters. The molecular formula is C19H31N5O. The molecule has 1 N–H and O–H groups in total. The molecule has 0 radical (unpaired) electrons. The van der Waals surface area contributed by atoms with Crippen molar-refractivity contribution in [3.63, 3.8) is 0 Å². The number of aryl methyl sites for hydroxylation is 1. The van der Waals surface area contributed by atoms with Crippen molar-refractivity contribution in [2.45, 2.75) is 32.6 Å². The van der Waals surface area contributed by atoms with E-state index in [-0.39, 0.29) is 0 Å². The average Bonchev–Trinajstić information content (AvgIpc) is 3.24. The molecule has 0 saturated carbocycles. The summed E-state index contributed by atoms with van der Waals surface area (Å²) in [5.41, 5.74) is 2.82. The Bertz CT molecular complexity index is 607. The molecule has 0 aromatic carbocycles. The van der Waals surface area contributed by atoms with Gasteiger partial charge in [0.2, 0.25) is 0 Å². The van der Waals surface area contributed by atoms with Crippen LogP contribution in [0.3, 0.4) is 0 Å². The number of rotatable bonds is 6. The first-order chi connectivity index (χ1) is 12.2. The Balaban J connectivity index is 1.51. The maximum atomic E-state index is 5.37. The van der Waals surface area contributed by atoms with E-state index < -0.39 is 0 Å². The number of hydrogen-bond donors (Lipinski definition) is 1. The van der Waals surface area contributed by atoms with Crippen molar-refractivity contribution in [3.05, 3.63) is 29.6 Å². The Morgan fingerprint density at radius 1 is 1.48 bits per heavy atom. The fraction of sp³-hybridized carbons (Fsp3) is 0.684. The van der Waals surface area contributed by atoms with Crippen LogP contribution >= 0.6 is 0 Å². The van der Waals surface area contributed by atoms with Crippen LogP contribution in [0.1, 0.15) is 31.7 Å². The Labute approximate surface area is 150 Å². The smallest absolute Gasteiger partial charge is 0.193 e. The molecule has 1 saturated heterocycles. The van der Waals surface area contributed by atoms with E-state index in [9.17, 15) is 0 Å². The number of nitrogens with one attached hydrogen (secondary N) is 1. The second kappa shape index (κ2) is 9.04. The van der Waals surface area contributed by atoms with Gasteiger partial charge in [-0.2, -0.15) is 5.10 Å². The van der Waals surface area contributed by atoms with Gasteiger partial charge in [0.15, 0.2) is 5.96 Å². The first kappa shape index (κ1) is 18.0. The van der Waals surface area contributed by atoms with Crippen LogP contribution in [0.5, 0.6) is 0 Å². The second-order valence-corrected chi connectivity index (χ2v) is 7.00. The molecule has 3 heterocycles. The van der Waals surface area contributed by atoms with E-state index in [0.717, 1.165) is 64.6 Å². The Morgan fingerprint density at radius 2 is 2.40 bits per heavy atom. The van der Waals surface area contributed by atoms with Crippen molar-refractivity contribution < 1.29 is 4.74 Å². The minimum Gasteiger partial charge on any atom is -0.377 e. The molecule has 6 heteroatoms. The molecule has 2 aliphatic heterocycles. The van der Waals surface area contributed by atoms with Gasteiger partial charge in [-0.15, -0.1) is 0 Å². The molecular weight excluding hydrogens is 314 g/mol. The summed E-state index contributed by atoms with van der Waals surface area (Å²) in [6, 6.07) is 0. The predicted molar refractivity (Wildman–Crippen MR) is 101 cm³/mol. The summed E-state index contributed by atoms with van der Waals surface area (Å²) >= 11 is 0. The molecule has 1 atom stereocenters. The maximum absolute atomic E-state index is 5.37. The van der Waals surface area contributed by atoms with Crippen LogP contribution in [0.2, 0.25) is 0 Å². The summed E-state index contributed by atoms with van der Waals surface area (Å²) in [5, 5.41) is 7.75. The van der Waals surface area contributed by atoms with Gasteiger partial charge in [-0.3, -0.25) is 9.67 Å². The zero-order valence-corrected chi connectivity index (χ0v) is 15.6. The summed E-state index contributed by atoms with van der Waals surface area (Å²) in [6.45, 7) is 7.71. The minimum atomic E-state index is 0.686. The van der Waals surface area contributed by atoms with Crippen LogP contribution < -0.4 is 5.32 Å². The molecule has 3 rings (SSSR count). The summed E-state index contributed by atoms with van der Waals surface area (Å²) in [4.78, 5) is 7.29. The van der Waals surface area contributed by atoms with E-state index in [2.05, 4.69) is 34.5 Å². The third-order valence-electron chi connectivity index (χ3n) is 4.95. The lowest BCUT2D eigenvalue weighted by Crippen LogP contribution is -2.40. The summed E-state index contributed by atoms with van der Waals surface area (Å²) < 4.78 is 7.26.